The predicted molar refractivity (Wildman–Crippen MR) is 83.0 cm³/mol. The fraction of sp³-hybridized carbons (Fsp3) is 0.917. The van der Waals surface area contributed by atoms with Crippen LogP contribution in [0.2, 0.25) is 0 Å². The molecule has 4 nitrogen and oxygen atoms in total. The van der Waals surface area contributed by atoms with E-state index in [9.17, 15) is 0 Å². The maximum atomic E-state index is 6.02. The highest BCUT2D eigenvalue weighted by Gasteiger charge is 2.13. The molecule has 5 heteroatoms. The number of halogens is 1. The third-order valence-corrected chi connectivity index (χ3v) is 3.57. The summed E-state index contributed by atoms with van der Waals surface area (Å²) in [5.41, 5.74) is 6.02. The van der Waals surface area contributed by atoms with Gasteiger partial charge in [0.15, 0.2) is 5.96 Å². The summed E-state index contributed by atoms with van der Waals surface area (Å²) in [6.07, 6.45) is 6.57. The summed E-state index contributed by atoms with van der Waals surface area (Å²) in [5.74, 6) is 0.766. The molecule has 0 aromatic rings. The zero-order chi connectivity index (χ0) is 11.2. The Kier molecular flexibility index (Phi) is 7.18. The van der Waals surface area contributed by atoms with Gasteiger partial charge in [-0.1, -0.05) is 12.8 Å². The zero-order valence-corrected chi connectivity index (χ0v) is 12.9. The maximum Gasteiger partial charge on any atom is 0.191 e. The minimum atomic E-state index is 0. The Labute approximate surface area is 122 Å². The Balaban J connectivity index is 0.00000144. The molecule has 2 aliphatic heterocycles. The predicted octanol–water partition coefficient (Wildman–Crippen LogP) is 1.50. The van der Waals surface area contributed by atoms with Crippen molar-refractivity contribution in [1.29, 1.82) is 0 Å². The smallest absolute Gasteiger partial charge is 0.191 e. The maximum absolute atomic E-state index is 6.02. The zero-order valence-electron chi connectivity index (χ0n) is 10.6. The third kappa shape index (κ3) is 4.99. The highest BCUT2D eigenvalue weighted by atomic mass is 127. The topological polar surface area (TPSA) is 44.9 Å². The first-order chi connectivity index (χ1) is 7.86. The van der Waals surface area contributed by atoms with Crippen molar-refractivity contribution in [1.82, 2.24) is 9.80 Å². The number of nitrogens with zero attached hydrogens (tertiary/aromatic N) is 3. The first-order valence-corrected chi connectivity index (χ1v) is 6.63. The molecule has 100 valence electrons. The van der Waals surface area contributed by atoms with Crippen LogP contribution in [-0.4, -0.2) is 55.0 Å². The van der Waals surface area contributed by atoms with E-state index in [-0.39, 0.29) is 24.0 Å². The van der Waals surface area contributed by atoms with Gasteiger partial charge in [0.25, 0.3) is 0 Å². The molecule has 2 saturated heterocycles. The van der Waals surface area contributed by atoms with E-state index in [1.54, 1.807) is 0 Å². The van der Waals surface area contributed by atoms with Crippen LogP contribution in [0.4, 0.5) is 0 Å². The number of hydrogen-bond acceptors (Lipinski definition) is 2. The summed E-state index contributed by atoms with van der Waals surface area (Å²) in [6.45, 7) is 6.63. The Hall–Kier alpha value is -0.0400. The Morgan fingerprint density at radius 3 is 2.12 bits per heavy atom. The largest absolute Gasteiger partial charge is 0.370 e. The molecule has 2 rings (SSSR count). The van der Waals surface area contributed by atoms with Gasteiger partial charge >= 0.3 is 0 Å². The second kappa shape index (κ2) is 8.13. The van der Waals surface area contributed by atoms with Crippen LogP contribution in [0.25, 0.3) is 0 Å². The monoisotopic (exact) mass is 352 g/mol. The van der Waals surface area contributed by atoms with Gasteiger partial charge in [-0.2, -0.15) is 0 Å². The molecule has 0 aromatic carbocycles. The molecule has 17 heavy (non-hydrogen) atoms. The van der Waals surface area contributed by atoms with Crippen LogP contribution in [-0.2, 0) is 0 Å². The Morgan fingerprint density at radius 2 is 1.59 bits per heavy atom. The lowest BCUT2D eigenvalue weighted by atomic mass is 10.2. The van der Waals surface area contributed by atoms with E-state index >= 15 is 0 Å². The molecule has 0 unspecified atom stereocenters. The summed E-state index contributed by atoms with van der Waals surface area (Å²) in [5, 5.41) is 0. The van der Waals surface area contributed by atoms with Gasteiger partial charge in [0.2, 0.25) is 0 Å². The fourth-order valence-electron chi connectivity index (χ4n) is 2.31. The van der Waals surface area contributed by atoms with Crippen LogP contribution < -0.4 is 5.73 Å². The highest BCUT2D eigenvalue weighted by Crippen LogP contribution is 2.09. The Morgan fingerprint density at radius 1 is 0.941 bits per heavy atom. The molecule has 0 spiro atoms. The van der Waals surface area contributed by atoms with E-state index in [0.29, 0.717) is 0 Å². The van der Waals surface area contributed by atoms with Crippen molar-refractivity contribution < 1.29 is 0 Å². The minimum absolute atomic E-state index is 0. The first kappa shape index (κ1) is 15.0. The van der Waals surface area contributed by atoms with Crippen LogP contribution in [0.5, 0.6) is 0 Å². The van der Waals surface area contributed by atoms with Crippen LogP contribution in [0.3, 0.4) is 0 Å². The second-order valence-corrected chi connectivity index (χ2v) is 4.84. The molecule has 0 bridgehead atoms. The summed E-state index contributed by atoms with van der Waals surface area (Å²) in [4.78, 5) is 9.17. The van der Waals surface area contributed by atoms with Gasteiger partial charge < -0.3 is 15.5 Å². The fourth-order valence-corrected chi connectivity index (χ4v) is 2.31. The van der Waals surface area contributed by atoms with Gasteiger partial charge in [0.1, 0.15) is 0 Å². The molecule has 2 N–H and O–H groups in total. The van der Waals surface area contributed by atoms with Crippen LogP contribution >= 0.6 is 24.0 Å². The van der Waals surface area contributed by atoms with E-state index in [1.165, 1.54) is 45.2 Å². The second-order valence-electron chi connectivity index (χ2n) is 4.84. The van der Waals surface area contributed by atoms with E-state index in [2.05, 4.69) is 14.8 Å². The quantitative estimate of drug-likeness (QED) is 0.476. The molecule has 0 atom stereocenters. The van der Waals surface area contributed by atoms with Gasteiger partial charge in [0.05, 0.1) is 6.54 Å². The van der Waals surface area contributed by atoms with Gasteiger partial charge in [-0.3, -0.25) is 4.99 Å². The molecule has 2 fully saturated rings. The standard InChI is InChI=1S/C12H24N4.HI/c13-12(14-6-11-15-7-5-8-15)16-9-3-1-2-4-10-16;/h1-11H2,(H2,13,14);1H. The number of guanidine groups is 1. The first-order valence-electron chi connectivity index (χ1n) is 6.63. The summed E-state index contributed by atoms with van der Waals surface area (Å²) in [6, 6.07) is 0. The third-order valence-electron chi connectivity index (χ3n) is 3.57. The van der Waals surface area contributed by atoms with Crippen LogP contribution in [0, 0.1) is 0 Å². The molecule has 0 radical (unpaired) electrons. The summed E-state index contributed by atoms with van der Waals surface area (Å²) < 4.78 is 0. The van der Waals surface area contributed by atoms with E-state index < -0.39 is 0 Å². The lowest BCUT2D eigenvalue weighted by Gasteiger charge is -2.30. The number of nitrogens with two attached hydrogens (primary N) is 1. The van der Waals surface area contributed by atoms with E-state index in [4.69, 9.17) is 5.73 Å². The SMILES string of the molecule is I.NC(=NCCN1CCC1)N1CCCCCC1. The lowest BCUT2D eigenvalue weighted by molar-refractivity contribution is 0.187. The van der Waals surface area contributed by atoms with Crippen molar-refractivity contribution in [2.24, 2.45) is 10.7 Å². The van der Waals surface area contributed by atoms with Crippen molar-refractivity contribution in [3.8, 4) is 0 Å². The van der Waals surface area contributed by atoms with Gasteiger partial charge in [0, 0.05) is 19.6 Å². The number of hydrogen-bond donors (Lipinski definition) is 1. The molecule has 0 saturated carbocycles. The van der Waals surface area contributed by atoms with Crippen molar-refractivity contribution in [2.75, 3.05) is 39.3 Å². The molecule has 2 heterocycles. The molecule has 0 aromatic heterocycles. The van der Waals surface area contributed by atoms with E-state index in [0.717, 1.165) is 32.1 Å². The average molecular weight is 352 g/mol. The Bertz CT molecular complexity index is 233. The molecule has 0 aliphatic carbocycles. The highest BCUT2D eigenvalue weighted by molar-refractivity contribution is 14.0. The van der Waals surface area contributed by atoms with Crippen molar-refractivity contribution in [2.45, 2.75) is 32.1 Å². The number of rotatable bonds is 3. The molecular formula is C12H25IN4. The van der Waals surface area contributed by atoms with Crippen molar-refractivity contribution in [3.63, 3.8) is 0 Å². The van der Waals surface area contributed by atoms with Crippen molar-refractivity contribution >= 4 is 29.9 Å². The lowest BCUT2D eigenvalue weighted by Crippen LogP contribution is -2.41. The van der Waals surface area contributed by atoms with Gasteiger partial charge in [-0.15, -0.1) is 24.0 Å². The normalized spacial score (nSPS) is 22.6. The molecular weight excluding hydrogens is 327 g/mol. The van der Waals surface area contributed by atoms with E-state index in [1.807, 2.05) is 0 Å². The molecule has 2 aliphatic rings. The van der Waals surface area contributed by atoms with Crippen molar-refractivity contribution in [3.05, 3.63) is 0 Å². The minimum Gasteiger partial charge on any atom is -0.370 e. The number of likely N-dealkylation sites (tertiary alicyclic amines) is 2. The average Bonchev–Trinajstić information content (AvgIpc) is 2.49. The van der Waals surface area contributed by atoms with Crippen LogP contribution in [0.1, 0.15) is 32.1 Å². The summed E-state index contributed by atoms with van der Waals surface area (Å²) >= 11 is 0. The van der Waals surface area contributed by atoms with Gasteiger partial charge in [-0.25, -0.2) is 0 Å². The number of aliphatic imine (C=N–C) groups is 1. The summed E-state index contributed by atoms with van der Waals surface area (Å²) in [7, 11) is 0. The van der Waals surface area contributed by atoms with Crippen LogP contribution in [0.15, 0.2) is 4.99 Å². The molecule has 0 amide bonds. The van der Waals surface area contributed by atoms with Gasteiger partial charge in [-0.05, 0) is 32.4 Å².